The van der Waals surface area contributed by atoms with Crippen molar-refractivity contribution in [1.82, 2.24) is 10.3 Å². The first-order valence-corrected chi connectivity index (χ1v) is 4.84. The summed E-state index contributed by atoms with van der Waals surface area (Å²) in [5.74, 6) is -0.562. The zero-order valence-electron chi connectivity index (χ0n) is 7.34. The first-order valence-electron chi connectivity index (χ1n) is 3.96. The third-order valence-corrected chi connectivity index (χ3v) is 2.48. The number of carbonyl (C=O) groups is 1. The minimum Gasteiger partial charge on any atom is -0.353 e. The van der Waals surface area contributed by atoms with Crippen LogP contribution >= 0.6 is 11.3 Å². The standard InChI is InChI=1S/C8H11FN2OS/c1-6-5-13-8(11-6)2-3-10-7(12)4-9/h5H,2-4H2,1H3,(H,10,12). The van der Waals surface area contributed by atoms with Gasteiger partial charge in [0.1, 0.15) is 0 Å². The van der Waals surface area contributed by atoms with Gasteiger partial charge in [-0.05, 0) is 6.92 Å². The van der Waals surface area contributed by atoms with Crippen molar-refractivity contribution in [1.29, 1.82) is 0 Å². The Morgan fingerprint density at radius 1 is 1.77 bits per heavy atom. The Morgan fingerprint density at radius 2 is 2.54 bits per heavy atom. The second kappa shape index (κ2) is 4.91. The monoisotopic (exact) mass is 202 g/mol. The van der Waals surface area contributed by atoms with Gasteiger partial charge < -0.3 is 5.32 Å². The predicted octanol–water partition coefficient (Wildman–Crippen LogP) is 1.08. The van der Waals surface area contributed by atoms with E-state index in [1.165, 1.54) is 0 Å². The van der Waals surface area contributed by atoms with Crippen molar-refractivity contribution in [2.45, 2.75) is 13.3 Å². The van der Waals surface area contributed by atoms with Crippen LogP contribution in [0, 0.1) is 6.92 Å². The largest absolute Gasteiger partial charge is 0.353 e. The number of rotatable bonds is 4. The van der Waals surface area contributed by atoms with E-state index in [-0.39, 0.29) is 0 Å². The lowest BCUT2D eigenvalue weighted by atomic mass is 10.4. The van der Waals surface area contributed by atoms with E-state index < -0.39 is 12.6 Å². The molecule has 72 valence electrons. The molecule has 0 spiro atoms. The number of halogens is 1. The van der Waals surface area contributed by atoms with Gasteiger partial charge >= 0.3 is 0 Å². The third kappa shape index (κ3) is 3.50. The van der Waals surface area contributed by atoms with Crippen LogP contribution in [0.3, 0.4) is 0 Å². The van der Waals surface area contributed by atoms with Gasteiger partial charge in [-0.25, -0.2) is 9.37 Å². The van der Waals surface area contributed by atoms with E-state index in [0.29, 0.717) is 13.0 Å². The van der Waals surface area contributed by atoms with E-state index in [0.717, 1.165) is 10.7 Å². The van der Waals surface area contributed by atoms with Gasteiger partial charge in [0.25, 0.3) is 5.91 Å². The van der Waals surface area contributed by atoms with Crippen molar-refractivity contribution in [2.24, 2.45) is 0 Å². The highest BCUT2D eigenvalue weighted by atomic mass is 32.1. The molecule has 0 radical (unpaired) electrons. The molecular weight excluding hydrogens is 191 g/mol. The summed E-state index contributed by atoms with van der Waals surface area (Å²) in [7, 11) is 0. The summed E-state index contributed by atoms with van der Waals surface area (Å²) < 4.78 is 11.7. The lowest BCUT2D eigenvalue weighted by molar-refractivity contribution is -0.121. The van der Waals surface area contributed by atoms with Crippen molar-refractivity contribution in [3.8, 4) is 0 Å². The number of alkyl halides is 1. The normalized spacial score (nSPS) is 10.0. The van der Waals surface area contributed by atoms with Crippen molar-refractivity contribution in [3.63, 3.8) is 0 Å². The van der Waals surface area contributed by atoms with Crippen LogP contribution in [0.5, 0.6) is 0 Å². The Kier molecular flexibility index (Phi) is 3.82. The molecule has 0 aliphatic heterocycles. The fourth-order valence-electron chi connectivity index (χ4n) is 0.874. The summed E-state index contributed by atoms with van der Waals surface area (Å²) in [6, 6.07) is 0. The second-order valence-corrected chi connectivity index (χ2v) is 3.56. The zero-order chi connectivity index (χ0) is 9.68. The van der Waals surface area contributed by atoms with E-state index in [4.69, 9.17) is 0 Å². The molecule has 1 heterocycles. The number of nitrogens with one attached hydrogen (secondary N) is 1. The number of amides is 1. The first kappa shape index (κ1) is 10.1. The highest BCUT2D eigenvalue weighted by molar-refractivity contribution is 7.09. The number of hydrogen-bond acceptors (Lipinski definition) is 3. The molecule has 0 aromatic carbocycles. The summed E-state index contributed by atoms with van der Waals surface area (Å²) in [4.78, 5) is 14.7. The minimum absolute atomic E-state index is 0.454. The zero-order valence-corrected chi connectivity index (χ0v) is 8.16. The van der Waals surface area contributed by atoms with Crippen LogP contribution in [0.2, 0.25) is 0 Å². The van der Waals surface area contributed by atoms with Crippen molar-refractivity contribution >= 4 is 17.2 Å². The van der Waals surface area contributed by atoms with Crippen LogP contribution in [-0.4, -0.2) is 24.1 Å². The van der Waals surface area contributed by atoms with E-state index in [1.807, 2.05) is 12.3 Å². The summed E-state index contributed by atoms with van der Waals surface area (Å²) in [5.41, 5.74) is 0.983. The van der Waals surface area contributed by atoms with E-state index in [2.05, 4.69) is 10.3 Å². The molecule has 0 saturated carbocycles. The maximum atomic E-state index is 11.7. The maximum Gasteiger partial charge on any atom is 0.251 e. The number of hydrogen-bond donors (Lipinski definition) is 1. The van der Waals surface area contributed by atoms with Crippen LogP contribution in [0.1, 0.15) is 10.7 Å². The molecule has 0 atom stereocenters. The molecule has 0 unspecified atom stereocenters. The van der Waals surface area contributed by atoms with Crippen LogP contribution in [0.25, 0.3) is 0 Å². The molecule has 3 nitrogen and oxygen atoms in total. The van der Waals surface area contributed by atoms with Crippen molar-refractivity contribution < 1.29 is 9.18 Å². The lowest BCUT2D eigenvalue weighted by Crippen LogP contribution is -2.26. The number of thiazole rings is 1. The van der Waals surface area contributed by atoms with Gasteiger partial charge in [-0.1, -0.05) is 0 Å². The minimum atomic E-state index is -0.948. The summed E-state index contributed by atoms with van der Waals surface area (Å²) in [5, 5.41) is 5.36. The molecule has 1 N–H and O–H groups in total. The number of carbonyl (C=O) groups excluding carboxylic acids is 1. The second-order valence-electron chi connectivity index (χ2n) is 2.62. The summed E-state index contributed by atoms with van der Waals surface area (Å²) >= 11 is 1.55. The number of aryl methyl sites for hydroxylation is 1. The maximum absolute atomic E-state index is 11.7. The molecule has 1 aromatic heterocycles. The number of nitrogens with zero attached hydrogens (tertiary/aromatic N) is 1. The van der Waals surface area contributed by atoms with Crippen LogP contribution in [0.15, 0.2) is 5.38 Å². The summed E-state index contributed by atoms with van der Waals surface area (Å²) in [6.45, 7) is 1.42. The predicted molar refractivity (Wildman–Crippen MR) is 49.5 cm³/mol. The molecule has 1 amide bonds. The Morgan fingerprint density at radius 3 is 3.08 bits per heavy atom. The molecule has 1 aromatic rings. The molecule has 0 aliphatic rings. The smallest absolute Gasteiger partial charge is 0.251 e. The van der Waals surface area contributed by atoms with Crippen LogP contribution in [-0.2, 0) is 11.2 Å². The van der Waals surface area contributed by atoms with Gasteiger partial charge in [-0.15, -0.1) is 11.3 Å². The lowest BCUT2D eigenvalue weighted by Gasteiger charge is -1.98. The molecule has 5 heteroatoms. The van der Waals surface area contributed by atoms with Gasteiger partial charge in [0.15, 0.2) is 6.67 Å². The summed E-state index contributed by atoms with van der Waals surface area (Å²) in [6.07, 6.45) is 0.671. The molecule has 0 fully saturated rings. The highest BCUT2D eigenvalue weighted by Crippen LogP contribution is 2.08. The van der Waals surface area contributed by atoms with E-state index >= 15 is 0 Å². The van der Waals surface area contributed by atoms with Gasteiger partial charge in [0.05, 0.1) is 5.01 Å². The Bertz CT molecular complexity index is 287. The fraction of sp³-hybridized carbons (Fsp3) is 0.500. The first-order chi connectivity index (χ1) is 6.22. The molecule has 1 rings (SSSR count). The third-order valence-electron chi connectivity index (χ3n) is 1.45. The van der Waals surface area contributed by atoms with Gasteiger partial charge in [0, 0.05) is 24.0 Å². The average Bonchev–Trinajstić information content (AvgIpc) is 2.51. The number of aromatic nitrogens is 1. The Labute approximate surface area is 80.0 Å². The van der Waals surface area contributed by atoms with Crippen molar-refractivity contribution in [3.05, 3.63) is 16.1 Å². The topological polar surface area (TPSA) is 42.0 Å². The molecule has 13 heavy (non-hydrogen) atoms. The van der Waals surface area contributed by atoms with E-state index in [1.54, 1.807) is 11.3 Å². The van der Waals surface area contributed by atoms with Crippen molar-refractivity contribution in [2.75, 3.05) is 13.2 Å². The quantitative estimate of drug-likeness (QED) is 0.793. The van der Waals surface area contributed by atoms with Gasteiger partial charge in [-0.3, -0.25) is 4.79 Å². The molecular formula is C8H11FN2OS. The van der Waals surface area contributed by atoms with E-state index in [9.17, 15) is 9.18 Å². The van der Waals surface area contributed by atoms with Gasteiger partial charge in [0.2, 0.25) is 0 Å². The van der Waals surface area contributed by atoms with Crippen LogP contribution in [0.4, 0.5) is 4.39 Å². The average molecular weight is 202 g/mol. The highest BCUT2D eigenvalue weighted by Gasteiger charge is 2.00. The Hall–Kier alpha value is -0.970. The Balaban J connectivity index is 2.24. The van der Waals surface area contributed by atoms with Crippen LogP contribution < -0.4 is 5.32 Å². The SMILES string of the molecule is Cc1csc(CCNC(=O)CF)n1. The molecule has 0 aliphatic carbocycles. The molecule has 0 saturated heterocycles. The molecule has 0 bridgehead atoms. The van der Waals surface area contributed by atoms with Gasteiger partial charge in [-0.2, -0.15) is 0 Å². The fourth-order valence-corrected chi connectivity index (χ4v) is 1.65.